The highest BCUT2D eigenvalue weighted by molar-refractivity contribution is 5.31. The molecule has 0 bridgehead atoms. The minimum Gasteiger partial charge on any atom is -0.494 e. The third-order valence-electron chi connectivity index (χ3n) is 2.13. The zero-order valence-electron chi connectivity index (χ0n) is 9.00. The summed E-state index contributed by atoms with van der Waals surface area (Å²) in [6.07, 6.45) is 0.441. The number of hydrogen-bond donors (Lipinski definition) is 1. The number of rotatable bonds is 5. The molecule has 0 amide bonds. The quantitative estimate of drug-likeness (QED) is 0.803. The lowest BCUT2D eigenvalue weighted by atomic mass is 10.1. The third kappa shape index (κ3) is 3.18. The van der Waals surface area contributed by atoms with E-state index >= 15 is 0 Å². The van der Waals surface area contributed by atoms with E-state index in [1.165, 1.54) is 7.11 Å². The Morgan fingerprint density at radius 1 is 1.40 bits per heavy atom. The lowest BCUT2D eigenvalue weighted by Gasteiger charge is -2.12. The maximum absolute atomic E-state index is 13.7. The zero-order chi connectivity index (χ0) is 11.3. The van der Waals surface area contributed by atoms with E-state index in [4.69, 9.17) is 15.2 Å². The normalized spacial score (nSPS) is 12.5. The van der Waals surface area contributed by atoms with Gasteiger partial charge in [0.15, 0.2) is 11.6 Å². The van der Waals surface area contributed by atoms with E-state index in [1.807, 2.05) is 0 Å². The molecule has 15 heavy (non-hydrogen) atoms. The Hall–Kier alpha value is -1.13. The molecule has 1 rings (SSSR count). The highest BCUT2D eigenvalue weighted by Gasteiger charge is 2.11. The molecule has 1 atom stereocenters. The molecule has 1 aromatic carbocycles. The minimum atomic E-state index is -0.341. The second kappa shape index (κ2) is 5.68. The highest BCUT2D eigenvalue weighted by atomic mass is 19.1. The first-order chi connectivity index (χ1) is 7.19. The Bertz CT molecular complexity index is 317. The van der Waals surface area contributed by atoms with Crippen LogP contribution < -0.4 is 10.5 Å². The van der Waals surface area contributed by atoms with Gasteiger partial charge >= 0.3 is 0 Å². The molecule has 1 aromatic rings. The van der Waals surface area contributed by atoms with Crippen LogP contribution in [-0.2, 0) is 11.2 Å². The van der Waals surface area contributed by atoms with Gasteiger partial charge in [-0.3, -0.25) is 0 Å². The number of hydrogen-bond acceptors (Lipinski definition) is 3. The van der Waals surface area contributed by atoms with Gasteiger partial charge in [0.25, 0.3) is 0 Å². The van der Waals surface area contributed by atoms with Gasteiger partial charge in [0.05, 0.1) is 13.7 Å². The molecule has 0 radical (unpaired) electrons. The summed E-state index contributed by atoms with van der Waals surface area (Å²) in [5, 5.41) is 0. The van der Waals surface area contributed by atoms with Crippen molar-refractivity contribution in [1.29, 1.82) is 0 Å². The number of halogens is 1. The van der Waals surface area contributed by atoms with Gasteiger partial charge in [-0.1, -0.05) is 12.1 Å². The fourth-order valence-corrected chi connectivity index (χ4v) is 1.43. The molecule has 0 spiro atoms. The van der Waals surface area contributed by atoms with Gasteiger partial charge in [0.1, 0.15) is 0 Å². The van der Waals surface area contributed by atoms with Crippen LogP contribution in [0.5, 0.6) is 5.75 Å². The Morgan fingerprint density at radius 3 is 2.73 bits per heavy atom. The summed E-state index contributed by atoms with van der Waals surface area (Å²) in [4.78, 5) is 0. The van der Waals surface area contributed by atoms with Crippen LogP contribution in [0.3, 0.4) is 0 Å². The number of nitrogens with two attached hydrogens (primary N) is 1. The van der Waals surface area contributed by atoms with Gasteiger partial charge in [-0.2, -0.15) is 0 Å². The van der Waals surface area contributed by atoms with Crippen molar-refractivity contribution in [2.24, 2.45) is 5.73 Å². The van der Waals surface area contributed by atoms with Crippen LogP contribution in [0.2, 0.25) is 0 Å². The van der Waals surface area contributed by atoms with Gasteiger partial charge in [-0.05, 0) is 18.1 Å². The van der Waals surface area contributed by atoms with Crippen LogP contribution in [-0.4, -0.2) is 26.9 Å². The van der Waals surface area contributed by atoms with Crippen LogP contribution >= 0.6 is 0 Å². The number of ether oxygens (including phenoxy) is 2. The molecule has 2 N–H and O–H groups in total. The van der Waals surface area contributed by atoms with E-state index in [-0.39, 0.29) is 17.6 Å². The van der Waals surface area contributed by atoms with E-state index in [0.29, 0.717) is 18.6 Å². The second-order valence-corrected chi connectivity index (χ2v) is 3.35. The molecule has 3 nitrogen and oxygen atoms in total. The smallest absolute Gasteiger partial charge is 0.168 e. The summed E-state index contributed by atoms with van der Waals surface area (Å²) in [7, 11) is 3.01. The molecule has 0 aliphatic rings. The molecular weight excluding hydrogens is 197 g/mol. The summed E-state index contributed by atoms with van der Waals surface area (Å²) in [6.45, 7) is 0.413. The van der Waals surface area contributed by atoms with Crippen molar-refractivity contribution >= 4 is 0 Å². The van der Waals surface area contributed by atoms with Crippen LogP contribution in [0.15, 0.2) is 18.2 Å². The van der Waals surface area contributed by atoms with Gasteiger partial charge in [-0.25, -0.2) is 4.39 Å². The van der Waals surface area contributed by atoms with Gasteiger partial charge in [0.2, 0.25) is 0 Å². The minimum absolute atomic E-state index is 0.198. The van der Waals surface area contributed by atoms with Crippen molar-refractivity contribution in [2.75, 3.05) is 20.8 Å². The lowest BCUT2D eigenvalue weighted by Crippen LogP contribution is -2.28. The molecule has 0 aromatic heterocycles. The SMILES string of the molecule is COCC(N)Cc1cccc(OC)c1F. The fraction of sp³-hybridized carbons (Fsp3) is 0.455. The molecule has 84 valence electrons. The predicted molar refractivity (Wildman–Crippen MR) is 56.5 cm³/mol. The molecule has 0 aliphatic carbocycles. The van der Waals surface area contributed by atoms with E-state index in [0.717, 1.165) is 0 Å². The average Bonchev–Trinajstić information content (AvgIpc) is 2.21. The predicted octanol–water partition coefficient (Wildman–Crippen LogP) is 1.35. The molecule has 0 fully saturated rings. The van der Waals surface area contributed by atoms with Crippen molar-refractivity contribution in [3.05, 3.63) is 29.6 Å². The van der Waals surface area contributed by atoms with Gasteiger partial charge in [0, 0.05) is 13.2 Å². The molecule has 0 saturated heterocycles. The molecule has 0 heterocycles. The first-order valence-electron chi connectivity index (χ1n) is 4.75. The largest absolute Gasteiger partial charge is 0.494 e. The monoisotopic (exact) mass is 213 g/mol. The van der Waals surface area contributed by atoms with Gasteiger partial charge in [-0.15, -0.1) is 0 Å². The third-order valence-corrected chi connectivity index (χ3v) is 2.13. The van der Waals surface area contributed by atoms with E-state index in [1.54, 1.807) is 25.3 Å². The van der Waals surface area contributed by atoms with E-state index < -0.39 is 0 Å². The van der Waals surface area contributed by atoms with Crippen molar-refractivity contribution in [3.8, 4) is 5.75 Å². The van der Waals surface area contributed by atoms with Crippen LogP contribution in [0.1, 0.15) is 5.56 Å². The molecule has 0 aliphatic heterocycles. The average molecular weight is 213 g/mol. The summed E-state index contributed by atoms with van der Waals surface area (Å²) in [5.41, 5.74) is 6.30. The Labute approximate surface area is 89.0 Å². The highest BCUT2D eigenvalue weighted by Crippen LogP contribution is 2.20. The molecule has 4 heteroatoms. The molecule has 1 unspecified atom stereocenters. The lowest BCUT2D eigenvalue weighted by molar-refractivity contribution is 0.179. The van der Waals surface area contributed by atoms with E-state index in [9.17, 15) is 4.39 Å². The molecule has 0 saturated carbocycles. The number of benzene rings is 1. The van der Waals surface area contributed by atoms with Crippen molar-refractivity contribution in [3.63, 3.8) is 0 Å². The first-order valence-corrected chi connectivity index (χ1v) is 4.75. The van der Waals surface area contributed by atoms with Crippen molar-refractivity contribution < 1.29 is 13.9 Å². The summed E-state index contributed by atoms with van der Waals surface area (Å²) in [6, 6.07) is 4.83. The Kier molecular flexibility index (Phi) is 4.52. The van der Waals surface area contributed by atoms with Crippen LogP contribution in [0, 0.1) is 5.82 Å². The fourth-order valence-electron chi connectivity index (χ4n) is 1.43. The molecular formula is C11H16FNO2. The summed E-state index contributed by atoms with van der Waals surface area (Å²) < 4.78 is 23.4. The van der Waals surface area contributed by atoms with Gasteiger partial charge < -0.3 is 15.2 Å². The Balaban J connectivity index is 2.76. The maximum Gasteiger partial charge on any atom is 0.168 e. The number of methoxy groups -OCH3 is 2. The topological polar surface area (TPSA) is 44.5 Å². The maximum atomic E-state index is 13.7. The standard InChI is InChI=1S/C11H16FNO2/c1-14-7-9(13)6-8-4-3-5-10(15-2)11(8)12/h3-5,9H,6-7,13H2,1-2H3. The Morgan fingerprint density at radius 2 is 2.13 bits per heavy atom. The van der Waals surface area contributed by atoms with Crippen molar-refractivity contribution in [1.82, 2.24) is 0 Å². The zero-order valence-corrected chi connectivity index (χ0v) is 9.00. The summed E-state index contributed by atoms with van der Waals surface area (Å²) >= 11 is 0. The second-order valence-electron chi connectivity index (χ2n) is 3.35. The van der Waals surface area contributed by atoms with E-state index in [2.05, 4.69) is 0 Å². The van der Waals surface area contributed by atoms with Crippen LogP contribution in [0.4, 0.5) is 4.39 Å². The van der Waals surface area contributed by atoms with Crippen LogP contribution in [0.25, 0.3) is 0 Å². The summed E-state index contributed by atoms with van der Waals surface area (Å²) in [5.74, 6) is -0.0938. The first kappa shape index (κ1) is 11.9. The van der Waals surface area contributed by atoms with Crippen molar-refractivity contribution in [2.45, 2.75) is 12.5 Å².